The van der Waals surface area contributed by atoms with Gasteiger partial charge in [-0.3, -0.25) is 18.5 Å². The summed E-state index contributed by atoms with van der Waals surface area (Å²) in [4.78, 5) is 7.83. The lowest BCUT2D eigenvalue weighted by Gasteiger charge is -2.13. The highest BCUT2D eigenvalue weighted by molar-refractivity contribution is 7.89. The number of aromatic hydroxyl groups is 1. The van der Waals surface area contributed by atoms with Crippen molar-refractivity contribution in [3.05, 3.63) is 36.4 Å². The van der Waals surface area contributed by atoms with E-state index in [1.807, 2.05) is 0 Å². The van der Waals surface area contributed by atoms with Crippen LogP contribution in [0.2, 0.25) is 0 Å². The standard InChI is InChI=1S/C18H16N4O11S3/c1-8(23)20-9-2-5-12(14(6-9)34(25,26)27)21-22-17-11(19)4-3-10-16(17)13(24)7-15(35(28,29)30)18(10)36(31,32)33/h2-7,24H,19H2,1H3,(H,20,23)(H,25,26,27)(H,28,29,30)(H,31,32,33). The molecule has 1 amide bonds. The summed E-state index contributed by atoms with van der Waals surface area (Å²) in [5.41, 5.74) is 4.63. The molecule has 7 N–H and O–H groups in total. The van der Waals surface area contributed by atoms with Crippen LogP contribution in [0.15, 0.2) is 61.3 Å². The SMILES string of the molecule is CC(=O)Nc1ccc(N=Nc2c(N)ccc3c(S(=O)(=O)O)c(S(=O)(=O)O)cc(O)c23)c(S(=O)(=O)O)c1. The maximum atomic E-state index is 12.0. The Kier molecular flexibility index (Phi) is 6.79. The number of nitrogens with one attached hydrogen (secondary N) is 1. The van der Waals surface area contributed by atoms with Gasteiger partial charge in [-0.2, -0.15) is 25.3 Å². The van der Waals surface area contributed by atoms with E-state index in [4.69, 9.17) is 5.73 Å². The summed E-state index contributed by atoms with van der Waals surface area (Å²) in [7, 11) is -15.5. The number of nitrogens with zero attached hydrogens (tertiary/aromatic N) is 2. The van der Waals surface area contributed by atoms with Crippen LogP contribution < -0.4 is 11.1 Å². The summed E-state index contributed by atoms with van der Waals surface area (Å²) in [6, 6.07) is 5.44. The van der Waals surface area contributed by atoms with Gasteiger partial charge in [-0.15, -0.1) is 10.2 Å². The van der Waals surface area contributed by atoms with E-state index in [0.29, 0.717) is 6.07 Å². The molecule has 0 radical (unpaired) electrons. The molecular formula is C18H16N4O11S3. The van der Waals surface area contributed by atoms with Crippen molar-refractivity contribution in [2.45, 2.75) is 21.6 Å². The third-order valence-electron chi connectivity index (χ3n) is 4.55. The number of benzene rings is 3. The minimum absolute atomic E-state index is 0.00747. The highest BCUT2D eigenvalue weighted by atomic mass is 32.2. The Morgan fingerprint density at radius 3 is 2.00 bits per heavy atom. The summed E-state index contributed by atoms with van der Waals surface area (Å²) < 4.78 is 99.5. The van der Waals surface area contributed by atoms with Crippen LogP contribution in [0.5, 0.6) is 5.75 Å². The number of carbonyl (C=O) groups is 1. The van der Waals surface area contributed by atoms with Crippen molar-refractivity contribution < 1.29 is 48.8 Å². The van der Waals surface area contributed by atoms with E-state index in [0.717, 1.165) is 31.2 Å². The number of nitrogen functional groups attached to an aromatic ring is 1. The number of hydrogen-bond acceptors (Lipinski definition) is 11. The Labute approximate surface area is 203 Å². The van der Waals surface area contributed by atoms with E-state index in [1.54, 1.807) is 0 Å². The molecule has 0 saturated carbocycles. The third kappa shape index (κ3) is 5.42. The first-order valence-electron chi connectivity index (χ1n) is 9.25. The number of phenolic OH excluding ortho intramolecular Hbond substituents is 1. The molecule has 192 valence electrons. The topological polar surface area (TPSA) is 263 Å². The largest absolute Gasteiger partial charge is 0.507 e. The van der Waals surface area contributed by atoms with Crippen molar-refractivity contribution in [1.29, 1.82) is 0 Å². The van der Waals surface area contributed by atoms with Gasteiger partial charge in [0, 0.05) is 24.1 Å². The number of nitrogens with two attached hydrogens (primary N) is 1. The summed E-state index contributed by atoms with van der Waals surface area (Å²) in [6.45, 7) is 1.16. The molecule has 0 spiro atoms. The summed E-state index contributed by atoms with van der Waals surface area (Å²) in [6.07, 6.45) is 0. The molecule has 18 heteroatoms. The zero-order valence-electron chi connectivity index (χ0n) is 17.8. The number of hydrogen-bond donors (Lipinski definition) is 6. The lowest BCUT2D eigenvalue weighted by molar-refractivity contribution is -0.114. The molecule has 0 fully saturated rings. The summed E-state index contributed by atoms with van der Waals surface area (Å²) >= 11 is 0. The monoisotopic (exact) mass is 560 g/mol. The summed E-state index contributed by atoms with van der Waals surface area (Å²) in [5, 5.41) is 19.0. The van der Waals surface area contributed by atoms with Gasteiger partial charge in [-0.05, 0) is 24.3 Å². The average Bonchev–Trinajstić information content (AvgIpc) is 2.70. The molecule has 0 unspecified atom stereocenters. The van der Waals surface area contributed by atoms with Gasteiger partial charge in [0.25, 0.3) is 30.4 Å². The van der Waals surface area contributed by atoms with Crippen LogP contribution in [-0.2, 0) is 35.1 Å². The molecule has 3 aromatic carbocycles. The third-order valence-corrected chi connectivity index (χ3v) is 7.40. The first-order chi connectivity index (χ1) is 16.4. The number of anilines is 2. The Bertz CT molecular complexity index is 1780. The maximum absolute atomic E-state index is 12.0. The van der Waals surface area contributed by atoms with Crippen molar-refractivity contribution in [2.75, 3.05) is 11.1 Å². The van der Waals surface area contributed by atoms with Gasteiger partial charge in [0.2, 0.25) is 5.91 Å². The van der Waals surface area contributed by atoms with Crippen LogP contribution in [0.3, 0.4) is 0 Å². The minimum atomic E-state index is -5.31. The van der Waals surface area contributed by atoms with Gasteiger partial charge >= 0.3 is 0 Å². The molecule has 0 aromatic heterocycles. The molecule has 0 aliphatic rings. The van der Waals surface area contributed by atoms with Gasteiger partial charge < -0.3 is 16.2 Å². The Morgan fingerprint density at radius 2 is 1.47 bits per heavy atom. The van der Waals surface area contributed by atoms with Crippen LogP contribution in [0.4, 0.5) is 22.7 Å². The van der Waals surface area contributed by atoms with Gasteiger partial charge in [-0.25, -0.2) is 0 Å². The van der Waals surface area contributed by atoms with Crippen LogP contribution >= 0.6 is 0 Å². The highest BCUT2D eigenvalue weighted by Crippen LogP contribution is 2.44. The number of fused-ring (bicyclic) bond motifs is 1. The van der Waals surface area contributed by atoms with E-state index in [9.17, 15) is 48.8 Å². The van der Waals surface area contributed by atoms with Crippen LogP contribution in [0.1, 0.15) is 6.92 Å². The van der Waals surface area contributed by atoms with Crippen LogP contribution in [0, 0.1) is 0 Å². The van der Waals surface area contributed by atoms with Gasteiger partial charge in [-0.1, -0.05) is 6.07 Å². The van der Waals surface area contributed by atoms with Crippen molar-refractivity contribution in [3.8, 4) is 5.75 Å². The molecule has 15 nitrogen and oxygen atoms in total. The van der Waals surface area contributed by atoms with E-state index in [1.165, 1.54) is 6.07 Å². The molecule has 0 heterocycles. The fourth-order valence-corrected chi connectivity index (χ4v) is 5.85. The summed E-state index contributed by atoms with van der Waals surface area (Å²) in [5.74, 6) is -1.48. The second-order valence-electron chi connectivity index (χ2n) is 7.14. The molecule has 0 bridgehead atoms. The fraction of sp³-hybridized carbons (Fsp3) is 0.0556. The molecule has 3 rings (SSSR count). The smallest absolute Gasteiger partial charge is 0.296 e. The average molecular weight is 561 g/mol. The highest BCUT2D eigenvalue weighted by Gasteiger charge is 2.30. The first kappa shape index (κ1) is 26.9. The normalized spacial score (nSPS) is 12.8. The predicted molar refractivity (Wildman–Crippen MR) is 124 cm³/mol. The van der Waals surface area contributed by atoms with Crippen molar-refractivity contribution in [2.24, 2.45) is 10.2 Å². The predicted octanol–water partition coefficient (Wildman–Crippen LogP) is 2.24. The van der Waals surface area contributed by atoms with Crippen LogP contribution in [0.25, 0.3) is 10.8 Å². The number of rotatable bonds is 6. The Balaban J connectivity index is 2.35. The molecule has 3 aromatic rings. The van der Waals surface area contributed by atoms with E-state index < -0.39 is 78.8 Å². The van der Waals surface area contributed by atoms with Crippen molar-refractivity contribution in [3.63, 3.8) is 0 Å². The molecule has 36 heavy (non-hydrogen) atoms. The first-order valence-corrected chi connectivity index (χ1v) is 13.6. The fourth-order valence-electron chi connectivity index (χ4n) is 3.20. The van der Waals surface area contributed by atoms with E-state index >= 15 is 0 Å². The van der Waals surface area contributed by atoms with Crippen molar-refractivity contribution >= 4 is 69.8 Å². The second-order valence-corrected chi connectivity index (χ2v) is 11.3. The molecular weight excluding hydrogens is 544 g/mol. The van der Waals surface area contributed by atoms with E-state index in [-0.39, 0.29) is 11.4 Å². The molecule has 0 aliphatic heterocycles. The zero-order valence-corrected chi connectivity index (χ0v) is 20.3. The Morgan fingerprint density at radius 1 is 0.861 bits per heavy atom. The molecule has 0 saturated heterocycles. The van der Waals surface area contributed by atoms with Gasteiger partial charge in [0.15, 0.2) is 0 Å². The van der Waals surface area contributed by atoms with Crippen LogP contribution in [-0.4, -0.2) is 49.9 Å². The zero-order chi connectivity index (χ0) is 27.2. The quantitative estimate of drug-likeness (QED) is 0.144. The lowest BCUT2D eigenvalue weighted by atomic mass is 10.1. The van der Waals surface area contributed by atoms with Gasteiger partial charge in [0.1, 0.15) is 31.8 Å². The minimum Gasteiger partial charge on any atom is -0.507 e. The number of carbonyl (C=O) groups excluding carboxylic acids is 1. The lowest BCUT2D eigenvalue weighted by Crippen LogP contribution is -2.09. The molecule has 0 aliphatic carbocycles. The second kappa shape index (κ2) is 9.08. The maximum Gasteiger partial charge on any atom is 0.296 e. The number of phenols is 1. The van der Waals surface area contributed by atoms with E-state index in [2.05, 4.69) is 15.5 Å². The van der Waals surface area contributed by atoms with Gasteiger partial charge in [0.05, 0.1) is 11.1 Å². The number of amides is 1. The Hall–Kier alpha value is -3.68. The number of azo groups is 1. The van der Waals surface area contributed by atoms with Crippen molar-refractivity contribution in [1.82, 2.24) is 0 Å². The molecule has 0 atom stereocenters.